The molecule has 4 aromatic rings. The number of amides is 1. The van der Waals surface area contributed by atoms with Crippen LogP contribution in [0.1, 0.15) is 17.2 Å². The summed E-state index contributed by atoms with van der Waals surface area (Å²) in [6, 6.07) is 12.8. The van der Waals surface area contributed by atoms with Gasteiger partial charge in [0.25, 0.3) is 11.5 Å². The topological polar surface area (TPSA) is 140 Å². The SMILES string of the molecule is Cc1cc(N2CCN(C(=O)C[S+](C)[O-])CC2)cc2[nH]c(-c3c(NCC(O)c4cccc(Cl)c4)cc[nH]c3=O)nc12. The third kappa shape index (κ3) is 6.12. The van der Waals surface area contributed by atoms with E-state index in [1.54, 1.807) is 41.4 Å². The molecule has 1 fully saturated rings. The predicted molar refractivity (Wildman–Crippen MR) is 160 cm³/mol. The molecule has 40 heavy (non-hydrogen) atoms. The average molecular weight is 583 g/mol. The number of carbonyl (C=O) groups excluding carboxylic acids is 1. The summed E-state index contributed by atoms with van der Waals surface area (Å²) in [5.41, 5.74) is 4.74. The lowest BCUT2D eigenvalue weighted by molar-refractivity contribution is -0.128. The van der Waals surface area contributed by atoms with E-state index in [1.807, 2.05) is 13.0 Å². The zero-order valence-electron chi connectivity index (χ0n) is 22.2. The number of rotatable bonds is 8. The number of H-pyrrole nitrogens is 2. The summed E-state index contributed by atoms with van der Waals surface area (Å²) in [5.74, 6) is 0.388. The normalized spacial score (nSPS) is 15.3. The van der Waals surface area contributed by atoms with Crippen LogP contribution in [0.2, 0.25) is 5.02 Å². The van der Waals surface area contributed by atoms with Crippen molar-refractivity contribution in [2.45, 2.75) is 13.0 Å². The summed E-state index contributed by atoms with van der Waals surface area (Å²) < 4.78 is 11.4. The number of piperazine rings is 1. The smallest absolute Gasteiger partial charge is 0.272 e. The van der Waals surface area contributed by atoms with E-state index < -0.39 is 17.3 Å². The Hall–Kier alpha value is -3.51. The third-order valence-corrected chi connectivity index (χ3v) is 7.89. The van der Waals surface area contributed by atoms with Gasteiger partial charge in [0.05, 0.1) is 29.1 Å². The zero-order valence-corrected chi connectivity index (χ0v) is 23.8. The van der Waals surface area contributed by atoms with Gasteiger partial charge in [0.2, 0.25) is 0 Å². The van der Waals surface area contributed by atoms with Gasteiger partial charge in [-0.2, -0.15) is 0 Å². The molecule has 3 heterocycles. The number of halogens is 1. The number of aliphatic hydroxyl groups excluding tert-OH is 1. The molecule has 1 aliphatic rings. The number of aromatic amines is 2. The van der Waals surface area contributed by atoms with Gasteiger partial charge in [-0.25, -0.2) is 4.98 Å². The second-order valence-corrected chi connectivity index (χ2v) is 11.7. The molecule has 210 valence electrons. The van der Waals surface area contributed by atoms with Crippen LogP contribution in [0.25, 0.3) is 22.4 Å². The second kappa shape index (κ2) is 11.9. The molecule has 2 atom stereocenters. The van der Waals surface area contributed by atoms with Gasteiger partial charge in [0, 0.05) is 49.6 Å². The van der Waals surface area contributed by atoms with Crippen molar-refractivity contribution in [3.63, 3.8) is 0 Å². The Morgan fingerprint density at radius 1 is 1.23 bits per heavy atom. The highest BCUT2D eigenvalue weighted by molar-refractivity contribution is 7.91. The number of fused-ring (bicyclic) bond motifs is 1. The van der Waals surface area contributed by atoms with Crippen molar-refractivity contribution >= 4 is 51.1 Å². The van der Waals surface area contributed by atoms with Crippen LogP contribution in [0.5, 0.6) is 0 Å². The Morgan fingerprint density at radius 2 is 2.00 bits per heavy atom. The molecule has 2 aromatic heterocycles. The molecule has 10 nitrogen and oxygen atoms in total. The van der Waals surface area contributed by atoms with Crippen LogP contribution in [0.3, 0.4) is 0 Å². The van der Waals surface area contributed by atoms with Crippen molar-refractivity contribution in [1.29, 1.82) is 0 Å². The fourth-order valence-electron chi connectivity index (χ4n) is 4.95. The number of aromatic nitrogens is 3. The maximum atomic E-state index is 12.9. The first-order valence-corrected chi connectivity index (χ1v) is 15.0. The summed E-state index contributed by atoms with van der Waals surface area (Å²) in [4.78, 5) is 40.0. The number of anilines is 2. The minimum Gasteiger partial charge on any atom is -0.616 e. The monoisotopic (exact) mass is 582 g/mol. The lowest BCUT2D eigenvalue weighted by Crippen LogP contribution is -2.50. The molecule has 1 amide bonds. The van der Waals surface area contributed by atoms with E-state index in [0.717, 1.165) is 22.3 Å². The highest BCUT2D eigenvalue weighted by atomic mass is 35.5. The van der Waals surface area contributed by atoms with Crippen LogP contribution in [-0.4, -0.2) is 80.2 Å². The van der Waals surface area contributed by atoms with E-state index in [2.05, 4.69) is 26.3 Å². The molecule has 0 aliphatic carbocycles. The van der Waals surface area contributed by atoms with E-state index in [0.29, 0.717) is 53.8 Å². The third-order valence-electron chi connectivity index (χ3n) is 7.00. The molecule has 0 radical (unpaired) electrons. The predicted octanol–water partition coefficient (Wildman–Crippen LogP) is 3.05. The van der Waals surface area contributed by atoms with Gasteiger partial charge in [-0.05, 0) is 59.6 Å². The van der Waals surface area contributed by atoms with Gasteiger partial charge >= 0.3 is 0 Å². The first kappa shape index (κ1) is 28.0. The molecule has 2 aromatic carbocycles. The molecule has 5 rings (SSSR count). The molecule has 0 saturated carbocycles. The highest BCUT2D eigenvalue weighted by Crippen LogP contribution is 2.30. The van der Waals surface area contributed by atoms with Crippen LogP contribution < -0.4 is 15.8 Å². The minimum atomic E-state index is -1.15. The molecule has 1 aliphatic heterocycles. The number of pyridine rings is 1. The molecule has 0 spiro atoms. The Balaban J connectivity index is 1.36. The summed E-state index contributed by atoms with van der Waals surface area (Å²) in [6.45, 7) is 4.60. The van der Waals surface area contributed by atoms with E-state index in [-0.39, 0.29) is 23.8 Å². The van der Waals surface area contributed by atoms with Crippen molar-refractivity contribution < 1.29 is 14.5 Å². The molecule has 12 heteroatoms. The summed E-state index contributed by atoms with van der Waals surface area (Å²) in [7, 11) is 0. The summed E-state index contributed by atoms with van der Waals surface area (Å²) in [5, 5.41) is 14.4. The minimum absolute atomic E-state index is 0.0526. The lowest BCUT2D eigenvalue weighted by Gasteiger charge is -2.36. The highest BCUT2D eigenvalue weighted by Gasteiger charge is 2.24. The number of imidazole rings is 1. The Morgan fingerprint density at radius 3 is 2.73 bits per heavy atom. The van der Waals surface area contributed by atoms with Crippen molar-refractivity contribution in [3.05, 3.63) is 75.2 Å². The molecule has 2 unspecified atom stereocenters. The van der Waals surface area contributed by atoms with Gasteiger partial charge in [-0.15, -0.1) is 0 Å². The molecular weight excluding hydrogens is 552 g/mol. The van der Waals surface area contributed by atoms with Crippen LogP contribution in [0, 0.1) is 6.92 Å². The van der Waals surface area contributed by atoms with Crippen LogP contribution in [-0.2, 0) is 16.0 Å². The quantitative estimate of drug-likeness (QED) is 0.234. The van der Waals surface area contributed by atoms with Crippen molar-refractivity contribution in [3.8, 4) is 11.4 Å². The zero-order chi connectivity index (χ0) is 28.4. The second-order valence-electron chi connectivity index (χ2n) is 9.88. The average Bonchev–Trinajstić information content (AvgIpc) is 3.36. The molecule has 1 saturated heterocycles. The lowest BCUT2D eigenvalue weighted by atomic mass is 10.1. The number of hydrogen-bond donors (Lipinski definition) is 4. The number of benzene rings is 2. The van der Waals surface area contributed by atoms with Crippen LogP contribution in [0.4, 0.5) is 11.4 Å². The van der Waals surface area contributed by atoms with Gasteiger partial charge in [-0.3, -0.25) is 9.59 Å². The number of aliphatic hydroxyl groups is 1. The first-order valence-electron chi connectivity index (χ1n) is 12.9. The molecular formula is C28H31ClN6O4S. The van der Waals surface area contributed by atoms with E-state index in [4.69, 9.17) is 16.6 Å². The number of carbonyl (C=O) groups is 1. The summed E-state index contributed by atoms with van der Waals surface area (Å²) >= 11 is 4.91. The van der Waals surface area contributed by atoms with Crippen molar-refractivity contribution in [2.75, 3.05) is 54.9 Å². The Kier molecular flexibility index (Phi) is 8.36. The number of hydrogen-bond acceptors (Lipinski definition) is 7. The van der Waals surface area contributed by atoms with Crippen molar-refractivity contribution in [1.82, 2.24) is 19.9 Å². The fraction of sp³-hybridized carbons (Fsp3) is 0.321. The maximum Gasteiger partial charge on any atom is 0.272 e. The Labute approximate surface area is 239 Å². The fourth-order valence-corrected chi connectivity index (χ4v) is 5.68. The molecule has 0 bridgehead atoms. The number of aryl methyl sites for hydroxylation is 1. The van der Waals surface area contributed by atoms with Gasteiger partial charge in [0.1, 0.15) is 11.4 Å². The number of nitrogens with zero attached hydrogens (tertiary/aromatic N) is 3. The van der Waals surface area contributed by atoms with Gasteiger partial charge in [-0.1, -0.05) is 23.7 Å². The van der Waals surface area contributed by atoms with Gasteiger partial charge in [0.15, 0.2) is 5.75 Å². The Bertz CT molecular complexity index is 1580. The number of nitrogens with one attached hydrogen (secondary N) is 3. The first-order chi connectivity index (χ1) is 19.2. The van der Waals surface area contributed by atoms with Crippen LogP contribution >= 0.6 is 11.6 Å². The molecule has 4 N–H and O–H groups in total. The largest absolute Gasteiger partial charge is 0.616 e. The van der Waals surface area contributed by atoms with Crippen LogP contribution in [0.15, 0.2) is 53.5 Å². The van der Waals surface area contributed by atoms with Crippen molar-refractivity contribution in [2.24, 2.45) is 0 Å². The van der Waals surface area contributed by atoms with E-state index in [1.165, 1.54) is 6.26 Å². The van der Waals surface area contributed by atoms with Gasteiger partial charge < -0.3 is 34.7 Å². The summed E-state index contributed by atoms with van der Waals surface area (Å²) in [6.07, 6.45) is 2.26. The van der Waals surface area contributed by atoms with E-state index in [9.17, 15) is 19.2 Å². The standard InChI is InChI=1S/C28H31ClN6O4S/c1-17-12-20(34-8-10-35(11-9-34)24(37)16-40(2)39)14-22-26(17)33-27(32-22)25-21(6-7-30-28(25)38)31-15-23(36)18-4-3-5-19(29)13-18/h3-7,12-14,23,36H,8-11,15-16H2,1-2H3,(H,32,33)(H2,30,31,38). The maximum absolute atomic E-state index is 12.9. The van der Waals surface area contributed by atoms with E-state index >= 15 is 0 Å².